The number of phosphoric acid groups is 2. The van der Waals surface area contributed by atoms with Crippen LogP contribution in [-0.2, 0) is 32.0 Å². The van der Waals surface area contributed by atoms with Crippen LogP contribution in [0.5, 0.6) is 0 Å². The fourth-order valence-electron chi connectivity index (χ4n) is 3.34. The van der Waals surface area contributed by atoms with E-state index in [-0.39, 0.29) is 59.1 Å². The van der Waals surface area contributed by atoms with Gasteiger partial charge in [0.15, 0.2) is 12.5 Å². The molecule has 206 valence electrons. The number of aliphatic hydroxyl groups excluding tert-OH is 6. The minimum absolute atomic E-state index is 0. The Morgan fingerprint density at radius 2 is 1.53 bits per heavy atom. The molecule has 0 radical (unpaired) electrons. The summed E-state index contributed by atoms with van der Waals surface area (Å²) in [5.74, 6) is 0. The first-order valence-electron chi connectivity index (χ1n) is 9.96. The van der Waals surface area contributed by atoms with Crippen molar-refractivity contribution in [2.24, 2.45) is 0 Å². The maximum atomic E-state index is 12.0. The van der Waals surface area contributed by atoms with Crippen molar-refractivity contribution >= 4 is 15.6 Å². The summed E-state index contributed by atoms with van der Waals surface area (Å²) >= 11 is 0. The Morgan fingerprint density at radius 1 is 0.921 bits per heavy atom. The van der Waals surface area contributed by atoms with Gasteiger partial charge in [-0.3, -0.25) is 28.0 Å². The Hall–Kier alpha value is 0.620. The standard InChI is InChI=1S/C15H24N2O17P2.2Na/c18-3-5-8(20)10(22)12(24)14(32-5)33-36(28,29)34-35(26,27)30-4-6-9(21)11(23)13(31-6)17-2-1-7(19)16-15(17)25;;/h1-2,5-6,8-14,18,20-24H,3-4H2,(H,26,27)(H,28,29)(H,16,19,25);;/q;2*+1/p-2/t5-,6-,8-,9-,10+,11-,12-,13-,14+;;/m1../s1. The van der Waals surface area contributed by atoms with E-state index in [1.807, 2.05) is 4.98 Å². The van der Waals surface area contributed by atoms with E-state index in [4.69, 9.17) is 14.6 Å². The Morgan fingerprint density at radius 3 is 2.11 bits per heavy atom. The average molecular weight is 610 g/mol. The van der Waals surface area contributed by atoms with Gasteiger partial charge in [0.2, 0.25) is 0 Å². The second kappa shape index (κ2) is 14.7. The molecule has 23 heteroatoms. The molecule has 0 amide bonds. The fourth-order valence-corrected chi connectivity index (χ4v) is 5.42. The van der Waals surface area contributed by atoms with Crippen molar-refractivity contribution in [2.45, 2.75) is 55.2 Å². The van der Waals surface area contributed by atoms with E-state index in [2.05, 4.69) is 13.4 Å². The smallest absolute Gasteiger partial charge is 0.756 e. The first-order valence-corrected chi connectivity index (χ1v) is 12.9. The van der Waals surface area contributed by atoms with Crippen LogP contribution in [0.25, 0.3) is 0 Å². The van der Waals surface area contributed by atoms with E-state index in [1.54, 1.807) is 0 Å². The molecule has 7 N–H and O–H groups in total. The summed E-state index contributed by atoms with van der Waals surface area (Å²) in [4.78, 5) is 48.9. The molecule has 2 unspecified atom stereocenters. The number of hydrogen-bond acceptors (Lipinski definition) is 17. The van der Waals surface area contributed by atoms with E-state index < -0.39 is 95.4 Å². The van der Waals surface area contributed by atoms with Crippen molar-refractivity contribution in [3.05, 3.63) is 33.1 Å². The second-order valence-corrected chi connectivity index (χ2v) is 10.5. The third kappa shape index (κ3) is 8.81. The van der Waals surface area contributed by atoms with Crippen molar-refractivity contribution in [3.8, 4) is 0 Å². The Balaban J connectivity index is 0.00000361. The number of rotatable bonds is 9. The van der Waals surface area contributed by atoms with Gasteiger partial charge in [0.1, 0.15) is 42.7 Å². The largest absolute Gasteiger partial charge is 1.00 e. The summed E-state index contributed by atoms with van der Waals surface area (Å²) in [6.07, 6.45) is -15.8. The van der Waals surface area contributed by atoms with Gasteiger partial charge in [-0.05, 0) is 0 Å². The van der Waals surface area contributed by atoms with Crippen LogP contribution < -0.4 is 80.2 Å². The molecule has 11 atom stereocenters. The summed E-state index contributed by atoms with van der Waals surface area (Å²) in [6, 6.07) is 0.911. The van der Waals surface area contributed by atoms with Crippen molar-refractivity contribution in [1.82, 2.24) is 9.55 Å². The molecule has 38 heavy (non-hydrogen) atoms. The molecule has 19 nitrogen and oxygen atoms in total. The zero-order valence-electron chi connectivity index (χ0n) is 19.8. The Labute approximate surface area is 256 Å². The molecule has 0 aromatic carbocycles. The molecule has 3 rings (SSSR count). The van der Waals surface area contributed by atoms with Crippen molar-refractivity contribution in [1.29, 1.82) is 0 Å². The number of aromatic nitrogens is 2. The molecule has 2 fully saturated rings. The summed E-state index contributed by atoms with van der Waals surface area (Å²) < 4.78 is 47.1. The quantitative estimate of drug-likeness (QED) is 0.101. The van der Waals surface area contributed by atoms with Crippen molar-refractivity contribution in [3.63, 3.8) is 0 Å². The summed E-state index contributed by atoms with van der Waals surface area (Å²) in [6.45, 7) is -2.05. The number of nitrogens with zero attached hydrogens (tertiary/aromatic N) is 1. The summed E-state index contributed by atoms with van der Waals surface area (Å²) in [7, 11) is -11.7. The van der Waals surface area contributed by atoms with E-state index in [1.165, 1.54) is 0 Å². The SMILES string of the molecule is O=c1ccn([C@@H]2O[C@H](COP(=O)([O-])OP(=O)([O-])O[C@@H]3O[C@H](CO)[C@@H](O)[C@H](O)[C@H]3O)[C@@H](O)[C@H]2O)c(=O)[nH]1.[Na+].[Na+]. The third-order valence-electron chi connectivity index (χ3n) is 5.14. The maximum Gasteiger partial charge on any atom is 1.00 e. The molecule has 2 aliphatic heterocycles. The first kappa shape index (κ1) is 36.6. The van der Waals surface area contributed by atoms with E-state index in [0.717, 1.165) is 12.3 Å². The summed E-state index contributed by atoms with van der Waals surface area (Å²) in [5, 5.41) is 58.4. The Kier molecular flexibility index (Phi) is 14.2. The van der Waals surface area contributed by atoms with Crippen molar-refractivity contribution < 1.29 is 132 Å². The molecule has 2 aliphatic rings. The van der Waals surface area contributed by atoms with E-state index >= 15 is 0 Å². The van der Waals surface area contributed by atoms with Crippen LogP contribution in [0, 0.1) is 0 Å². The molecule has 1 aromatic rings. The number of ether oxygens (including phenoxy) is 2. The topological polar surface area (TPSA) is 303 Å². The molecular formula is C15H22N2Na2O17P2. The van der Waals surface area contributed by atoms with E-state index in [9.17, 15) is 54.0 Å². The third-order valence-corrected chi connectivity index (χ3v) is 7.67. The molecule has 3 heterocycles. The number of hydrogen-bond donors (Lipinski definition) is 7. The van der Waals surface area contributed by atoms with Gasteiger partial charge in [-0.2, -0.15) is 0 Å². The zero-order valence-corrected chi connectivity index (χ0v) is 25.6. The number of aliphatic hydroxyl groups is 6. The van der Waals surface area contributed by atoms with Crippen LogP contribution in [0.15, 0.2) is 21.9 Å². The van der Waals surface area contributed by atoms with Crippen molar-refractivity contribution in [2.75, 3.05) is 13.2 Å². The Bertz CT molecular complexity index is 1140. The number of nitrogens with one attached hydrogen (secondary N) is 1. The predicted molar refractivity (Wildman–Crippen MR) is 104 cm³/mol. The van der Waals surface area contributed by atoms with Gasteiger partial charge < -0.3 is 54.4 Å². The molecule has 0 spiro atoms. The molecule has 0 bridgehead atoms. The maximum absolute atomic E-state index is 12.0. The molecule has 2 saturated heterocycles. The average Bonchev–Trinajstić information content (AvgIpc) is 3.06. The van der Waals surface area contributed by atoms with Gasteiger partial charge in [0.05, 0.1) is 13.2 Å². The van der Waals surface area contributed by atoms with Crippen LogP contribution >= 0.6 is 15.6 Å². The molecule has 1 aromatic heterocycles. The number of H-pyrrole nitrogens is 1. The number of phosphoric ester groups is 2. The van der Waals surface area contributed by atoms with Gasteiger partial charge in [-0.1, -0.05) is 0 Å². The van der Waals surface area contributed by atoms with Crippen LogP contribution in [0.4, 0.5) is 0 Å². The first-order chi connectivity index (χ1) is 16.7. The van der Waals surface area contributed by atoms with Gasteiger partial charge in [0.25, 0.3) is 21.2 Å². The predicted octanol–water partition coefficient (Wildman–Crippen LogP) is -12.0. The fraction of sp³-hybridized carbons (Fsp3) is 0.733. The molecular weight excluding hydrogens is 588 g/mol. The van der Waals surface area contributed by atoms with Crippen LogP contribution in [0.2, 0.25) is 0 Å². The summed E-state index contributed by atoms with van der Waals surface area (Å²) in [5.41, 5.74) is -1.78. The zero-order chi connectivity index (χ0) is 27.0. The van der Waals surface area contributed by atoms with Gasteiger partial charge in [-0.25, -0.2) is 9.11 Å². The molecule has 0 aliphatic carbocycles. The minimum Gasteiger partial charge on any atom is -0.756 e. The number of aromatic amines is 1. The van der Waals surface area contributed by atoms with Gasteiger partial charge in [0, 0.05) is 12.3 Å². The van der Waals surface area contributed by atoms with Crippen LogP contribution in [-0.4, -0.2) is 102 Å². The normalized spacial score (nSPS) is 36.4. The monoisotopic (exact) mass is 610 g/mol. The minimum atomic E-state index is -5.90. The van der Waals surface area contributed by atoms with E-state index in [0.29, 0.717) is 4.57 Å². The van der Waals surface area contributed by atoms with Gasteiger partial charge >= 0.3 is 64.8 Å². The molecule has 0 saturated carbocycles. The van der Waals surface area contributed by atoms with Gasteiger partial charge in [-0.15, -0.1) is 0 Å². The van der Waals surface area contributed by atoms with Crippen LogP contribution in [0.3, 0.4) is 0 Å². The second-order valence-electron chi connectivity index (χ2n) is 7.64. The van der Waals surface area contributed by atoms with Crippen LogP contribution in [0.1, 0.15) is 6.23 Å².